The summed E-state index contributed by atoms with van der Waals surface area (Å²) in [5.74, 6) is 1.97. The maximum absolute atomic E-state index is 12.5. The van der Waals surface area contributed by atoms with Crippen molar-refractivity contribution in [3.05, 3.63) is 36.0 Å². The van der Waals surface area contributed by atoms with E-state index in [1.807, 2.05) is 0 Å². The van der Waals surface area contributed by atoms with Gasteiger partial charge in [0, 0.05) is 19.7 Å². The zero-order valence-corrected chi connectivity index (χ0v) is 14.9. The first kappa shape index (κ1) is 17.6. The first-order valence-corrected chi connectivity index (χ1v) is 8.61. The van der Waals surface area contributed by atoms with E-state index in [0.717, 1.165) is 0 Å². The zero-order chi connectivity index (χ0) is 18.6. The molecule has 9 nitrogen and oxygen atoms in total. The number of amides is 1. The van der Waals surface area contributed by atoms with Crippen LogP contribution >= 0.6 is 0 Å². The lowest BCUT2D eigenvalue weighted by atomic mass is 10.3. The van der Waals surface area contributed by atoms with Crippen LogP contribution in [0.15, 0.2) is 28.9 Å². The molecule has 3 heterocycles. The van der Waals surface area contributed by atoms with E-state index in [0.29, 0.717) is 49.5 Å². The van der Waals surface area contributed by atoms with Gasteiger partial charge in [-0.3, -0.25) is 4.79 Å². The van der Waals surface area contributed by atoms with Crippen molar-refractivity contribution in [1.29, 1.82) is 0 Å². The Kier molecular flexibility index (Phi) is 5.12. The second-order valence-electron chi connectivity index (χ2n) is 6.18. The van der Waals surface area contributed by atoms with Crippen LogP contribution in [0.1, 0.15) is 16.4 Å². The lowest BCUT2D eigenvalue weighted by Gasteiger charge is -2.27. The van der Waals surface area contributed by atoms with E-state index in [1.165, 1.54) is 6.26 Å². The van der Waals surface area contributed by atoms with E-state index >= 15 is 0 Å². The molecule has 2 aliphatic rings. The molecule has 1 amide bonds. The van der Waals surface area contributed by atoms with Crippen LogP contribution in [0.4, 0.5) is 0 Å². The predicted octanol–water partition coefficient (Wildman–Crippen LogP) is 1.47. The van der Waals surface area contributed by atoms with Gasteiger partial charge in [-0.25, -0.2) is 4.98 Å². The highest BCUT2D eigenvalue weighted by Gasteiger charge is 2.22. The molecule has 0 aliphatic carbocycles. The lowest BCUT2D eigenvalue weighted by molar-refractivity contribution is -0.0933. The van der Waals surface area contributed by atoms with Crippen molar-refractivity contribution in [1.82, 2.24) is 9.88 Å². The van der Waals surface area contributed by atoms with Crippen molar-refractivity contribution in [3.63, 3.8) is 0 Å². The number of rotatable bonds is 6. The lowest BCUT2D eigenvalue weighted by Crippen LogP contribution is -2.40. The summed E-state index contributed by atoms with van der Waals surface area (Å²) in [4.78, 5) is 18.2. The fraction of sp³-hybridized carbons (Fsp3) is 0.444. The molecule has 0 N–H and O–H groups in total. The van der Waals surface area contributed by atoms with E-state index in [-0.39, 0.29) is 31.1 Å². The first-order chi connectivity index (χ1) is 13.2. The molecule has 1 fully saturated rings. The van der Waals surface area contributed by atoms with E-state index < -0.39 is 0 Å². The standard InChI is InChI=1S/C18H20N2O7/c1-20(7-13-8-22-4-5-23-13)18(21)14-9-25-17(19-14)10-24-12-2-3-15-16(6-12)27-11-26-15/h2-3,6,9,13H,4-5,7-8,10-11H2,1H3/t13-/m1/s1. The van der Waals surface area contributed by atoms with E-state index in [1.54, 1.807) is 30.1 Å². The molecule has 1 saturated heterocycles. The molecular weight excluding hydrogens is 356 g/mol. The Hall–Kier alpha value is -2.78. The molecule has 0 spiro atoms. The molecule has 0 unspecified atom stereocenters. The van der Waals surface area contributed by atoms with Gasteiger partial charge in [0.05, 0.1) is 25.9 Å². The molecule has 1 atom stereocenters. The predicted molar refractivity (Wildman–Crippen MR) is 90.9 cm³/mol. The van der Waals surface area contributed by atoms with E-state index in [4.69, 9.17) is 28.1 Å². The Labute approximate surface area is 155 Å². The summed E-state index contributed by atoms with van der Waals surface area (Å²) in [5.41, 5.74) is 0.221. The van der Waals surface area contributed by atoms with Gasteiger partial charge in [0.15, 0.2) is 23.8 Å². The minimum absolute atomic E-state index is 0.0935. The van der Waals surface area contributed by atoms with Crippen LogP contribution in [0.2, 0.25) is 0 Å². The summed E-state index contributed by atoms with van der Waals surface area (Å²) < 4.78 is 32.4. The summed E-state index contributed by atoms with van der Waals surface area (Å²) in [7, 11) is 1.69. The van der Waals surface area contributed by atoms with Crippen LogP contribution in [0.3, 0.4) is 0 Å². The number of hydrogen-bond acceptors (Lipinski definition) is 8. The number of carbonyl (C=O) groups excluding carboxylic acids is 1. The summed E-state index contributed by atoms with van der Waals surface area (Å²) in [6, 6.07) is 5.27. The highest BCUT2D eigenvalue weighted by Crippen LogP contribution is 2.35. The quantitative estimate of drug-likeness (QED) is 0.748. The SMILES string of the molecule is CN(C[C@@H]1COCCO1)C(=O)c1coc(COc2ccc3c(c2)OCO3)n1. The van der Waals surface area contributed by atoms with E-state index in [9.17, 15) is 4.79 Å². The van der Waals surface area contributed by atoms with Crippen molar-refractivity contribution in [2.24, 2.45) is 0 Å². The second-order valence-corrected chi connectivity index (χ2v) is 6.18. The van der Waals surface area contributed by atoms with Crippen LogP contribution in [0.5, 0.6) is 17.2 Å². The smallest absolute Gasteiger partial charge is 0.275 e. The van der Waals surface area contributed by atoms with Crippen LogP contribution in [0, 0.1) is 0 Å². The number of oxazole rings is 1. The van der Waals surface area contributed by atoms with Gasteiger partial charge in [0.2, 0.25) is 12.7 Å². The number of aromatic nitrogens is 1. The molecule has 0 saturated carbocycles. The third-order valence-electron chi connectivity index (χ3n) is 4.19. The van der Waals surface area contributed by atoms with Crippen LogP contribution in [-0.2, 0) is 16.1 Å². The largest absolute Gasteiger partial charge is 0.484 e. The molecule has 2 aromatic rings. The van der Waals surface area contributed by atoms with Gasteiger partial charge in [-0.2, -0.15) is 0 Å². The van der Waals surface area contributed by atoms with Crippen LogP contribution < -0.4 is 14.2 Å². The summed E-state index contributed by atoms with van der Waals surface area (Å²) in [6.45, 7) is 2.33. The maximum atomic E-state index is 12.5. The third kappa shape index (κ3) is 4.15. The molecule has 0 bridgehead atoms. The summed E-state index contributed by atoms with van der Waals surface area (Å²) in [5, 5.41) is 0. The van der Waals surface area contributed by atoms with Gasteiger partial charge in [-0.05, 0) is 12.1 Å². The number of nitrogens with zero attached hydrogens (tertiary/aromatic N) is 2. The Balaban J connectivity index is 1.31. The van der Waals surface area contributed by atoms with Gasteiger partial charge in [-0.1, -0.05) is 0 Å². The summed E-state index contributed by atoms with van der Waals surface area (Å²) >= 11 is 0. The van der Waals surface area contributed by atoms with Gasteiger partial charge in [0.1, 0.15) is 12.0 Å². The number of benzene rings is 1. The number of ether oxygens (including phenoxy) is 5. The third-order valence-corrected chi connectivity index (χ3v) is 4.19. The molecule has 1 aromatic carbocycles. The van der Waals surface area contributed by atoms with Gasteiger partial charge >= 0.3 is 0 Å². The van der Waals surface area contributed by atoms with Crippen molar-refractivity contribution >= 4 is 5.91 Å². The Morgan fingerprint density at radius 2 is 2.19 bits per heavy atom. The molecule has 27 heavy (non-hydrogen) atoms. The van der Waals surface area contributed by atoms with Crippen molar-refractivity contribution in [2.45, 2.75) is 12.7 Å². The average Bonchev–Trinajstić information content (AvgIpc) is 3.35. The highest BCUT2D eigenvalue weighted by molar-refractivity contribution is 5.91. The normalized spacial score (nSPS) is 18.3. The maximum Gasteiger partial charge on any atom is 0.275 e. The molecule has 4 rings (SSSR count). The zero-order valence-electron chi connectivity index (χ0n) is 14.9. The average molecular weight is 376 g/mol. The Bertz CT molecular complexity index is 801. The summed E-state index contributed by atoms with van der Waals surface area (Å²) in [6.07, 6.45) is 1.20. The van der Waals surface area contributed by atoms with Crippen molar-refractivity contribution in [2.75, 3.05) is 40.2 Å². The first-order valence-electron chi connectivity index (χ1n) is 8.61. The second kappa shape index (κ2) is 7.85. The Morgan fingerprint density at radius 1 is 1.30 bits per heavy atom. The van der Waals surface area contributed by atoms with Crippen LogP contribution in [0.25, 0.3) is 0 Å². The van der Waals surface area contributed by atoms with Crippen LogP contribution in [-0.4, -0.2) is 62.1 Å². The highest BCUT2D eigenvalue weighted by atomic mass is 16.7. The van der Waals surface area contributed by atoms with Crippen molar-refractivity contribution < 1.29 is 32.9 Å². The molecular formula is C18H20N2O7. The number of likely N-dealkylation sites (N-methyl/N-ethyl adjacent to an activating group) is 1. The van der Waals surface area contributed by atoms with Gasteiger partial charge < -0.3 is 33.0 Å². The molecule has 2 aliphatic heterocycles. The fourth-order valence-electron chi connectivity index (χ4n) is 2.81. The fourth-order valence-corrected chi connectivity index (χ4v) is 2.81. The minimum atomic E-state index is -0.248. The molecule has 9 heteroatoms. The molecule has 144 valence electrons. The van der Waals surface area contributed by atoms with Gasteiger partial charge in [0.25, 0.3) is 5.91 Å². The number of hydrogen-bond donors (Lipinski definition) is 0. The topological polar surface area (TPSA) is 92.5 Å². The molecule has 0 radical (unpaired) electrons. The monoisotopic (exact) mass is 376 g/mol. The number of fused-ring (bicyclic) bond motifs is 1. The Morgan fingerprint density at radius 3 is 3.04 bits per heavy atom. The van der Waals surface area contributed by atoms with E-state index in [2.05, 4.69) is 4.98 Å². The molecule has 1 aromatic heterocycles. The number of carbonyl (C=O) groups is 1. The van der Waals surface area contributed by atoms with Gasteiger partial charge in [-0.15, -0.1) is 0 Å². The minimum Gasteiger partial charge on any atom is -0.484 e. The van der Waals surface area contributed by atoms with Crippen molar-refractivity contribution in [3.8, 4) is 17.2 Å².